The quantitative estimate of drug-likeness (QED) is 0.757. The van der Waals surface area contributed by atoms with E-state index in [0.29, 0.717) is 22.1 Å². The van der Waals surface area contributed by atoms with E-state index >= 15 is 0 Å². The summed E-state index contributed by atoms with van der Waals surface area (Å²) in [6.07, 6.45) is -0.677. The summed E-state index contributed by atoms with van der Waals surface area (Å²) in [5.41, 5.74) is 2.09. The van der Waals surface area contributed by atoms with Crippen LogP contribution in [0.2, 0.25) is 5.02 Å². The summed E-state index contributed by atoms with van der Waals surface area (Å²) in [7, 11) is 1.54. The molecule has 3 amide bonds. The Morgan fingerprint density at radius 1 is 1.04 bits per heavy atom. The predicted octanol–water partition coefficient (Wildman–Crippen LogP) is 3.81. The van der Waals surface area contributed by atoms with Gasteiger partial charge in [-0.3, -0.25) is 4.79 Å². The van der Waals surface area contributed by atoms with Gasteiger partial charge >= 0.3 is 6.03 Å². The highest BCUT2D eigenvalue weighted by atomic mass is 35.5. The SMILES string of the molecule is CNC(=O)Nc1ccc(NC(=O)C(C)Oc2ccc(Cl)cc2C)cc1. The molecule has 0 saturated heterocycles. The first-order valence-corrected chi connectivity index (χ1v) is 8.09. The fourth-order valence-corrected chi connectivity index (χ4v) is 2.29. The van der Waals surface area contributed by atoms with Gasteiger partial charge in [0.2, 0.25) is 0 Å². The Morgan fingerprint density at radius 3 is 2.20 bits per heavy atom. The number of hydrogen-bond acceptors (Lipinski definition) is 3. The van der Waals surface area contributed by atoms with E-state index in [-0.39, 0.29) is 11.9 Å². The van der Waals surface area contributed by atoms with E-state index in [1.807, 2.05) is 6.92 Å². The number of carbonyl (C=O) groups is 2. The van der Waals surface area contributed by atoms with E-state index in [1.165, 1.54) is 7.05 Å². The van der Waals surface area contributed by atoms with Crippen LogP contribution < -0.4 is 20.7 Å². The lowest BCUT2D eigenvalue weighted by Gasteiger charge is -2.16. The van der Waals surface area contributed by atoms with E-state index < -0.39 is 6.10 Å². The van der Waals surface area contributed by atoms with Gasteiger partial charge in [0.15, 0.2) is 6.10 Å². The normalized spacial score (nSPS) is 11.4. The molecule has 0 heterocycles. The Bertz CT molecular complexity index is 763. The molecular weight excluding hydrogens is 342 g/mol. The zero-order valence-electron chi connectivity index (χ0n) is 14.2. The van der Waals surface area contributed by atoms with Gasteiger partial charge in [-0.2, -0.15) is 0 Å². The molecule has 0 radical (unpaired) electrons. The summed E-state index contributed by atoms with van der Waals surface area (Å²) in [6.45, 7) is 3.54. The molecule has 2 aromatic rings. The van der Waals surface area contributed by atoms with Crippen LogP contribution in [0.15, 0.2) is 42.5 Å². The minimum Gasteiger partial charge on any atom is -0.481 e. The Labute approximate surface area is 151 Å². The third-order valence-electron chi connectivity index (χ3n) is 3.45. The number of nitrogens with one attached hydrogen (secondary N) is 3. The smallest absolute Gasteiger partial charge is 0.318 e. The zero-order valence-corrected chi connectivity index (χ0v) is 15.0. The molecule has 0 bridgehead atoms. The van der Waals surface area contributed by atoms with E-state index in [4.69, 9.17) is 16.3 Å². The molecule has 6 nitrogen and oxygen atoms in total. The molecule has 0 aliphatic heterocycles. The summed E-state index contributed by atoms with van der Waals surface area (Å²) in [6, 6.07) is 11.7. The molecule has 2 rings (SSSR count). The number of anilines is 2. The molecule has 3 N–H and O–H groups in total. The van der Waals surface area contributed by atoms with Gasteiger partial charge in [0, 0.05) is 23.4 Å². The number of carbonyl (C=O) groups excluding carboxylic acids is 2. The summed E-state index contributed by atoms with van der Waals surface area (Å²) in [4.78, 5) is 23.5. The van der Waals surface area contributed by atoms with E-state index in [0.717, 1.165) is 5.56 Å². The molecule has 0 aromatic heterocycles. The maximum Gasteiger partial charge on any atom is 0.318 e. The van der Waals surface area contributed by atoms with Crippen molar-refractivity contribution in [1.29, 1.82) is 0 Å². The van der Waals surface area contributed by atoms with Crippen molar-refractivity contribution in [2.24, 2.45) is 0 Å². The molecule has 0 aliphatic rings. The van der Waals surface area contributed by atoms with Gasteiger partial charge in [0.25, 0.3) is 5.91 Å². The van der Waals surface area contributed by atoms with Gasteiger partial charge in [0.1, 0.15) is 5.75 Å². The number of halogens is 1. The number of hydrogen-bond donors (Lipinski definition) is 3. The van der Waals surface area contributed by atoms with Gasteiger partial charge < -0.3 is 20.7 Å². The van der Waals surface area contributed by atoms with Crippen LogP contribution in [0.25, 0.3) is 0 Å². The first-order chi connectivity index (χ1) is 11.9. The predicted molar refractivity (Wildman–Crippen MR) is 99.4 cm³/mol. The molecule has 132 valence electrons. The lowest BCUT2D eigenvalue weighted by Crippen LogP contribution is -2.30. The maximum atomic E-state index is 12.3. The van der Waals surface area contributed by atoms with Crippen LogP contribution in [0.4, 0.5) is 16.2 Å². The van der Waals surface area contributed by atoms with Crippen molar-refractivity contribution in [3.05, 3.63) is 53.1 Å². The summed E-state index contributed by atoms with van der Waals surface area (Å²) in [5, 5.41) is 8.49. The third kappa shape index (κ3) is 5.39. The molecule has 25 heavy (non-hydrogen) atoms. The second-order valence-electron chi connectivity index (χ2n) is 5.44. The molecule has 2 aromatic carbocycles. The van der Waals surface area contributed by atoms with E-state index in [1.54, 1.807) is 49.4 Å². The lowest BCUT2D eigenvalue weighted by molar-refractivity contribution is -0.122. The highest BCUT2D eigenvalue weighted by Crippen LogP contribution is 2.23. The fraction of sp³-hybridized carbons (Fsp3) is 0.222. The first kappa shape index (κ1) is 18.6. The number of ether oxygens (including phenoxy) is 1. The van der Waals surface area contributed by atoms with Crippen LogP contribution in [0, 0.1) is 6.92 Å². The molecule has 1 unspecified atom stereocenters. The fourth-order valence-electron chi connectivity index (χ4n) is 2.06. The lowest BCUT2D eigenvalue weighted by atomic mass is 10.2. The van der Waals surface area contributed by atoms with Crippen molar-refractivity contribution < 1.29 is 14.3 Å². The van der Waals surface area contributed by atoms with Gasteiger partial charge in [-0.1, -0.05) is 11.6 Å². The van der Waals surface area contributed by atoms with Crippen molar-refractivity contribution >= 4 is 34.9 Å². The Kier molecular flexibility index (Phi) is 6.25. The van der Waals surface area contributed by atoms with Gasteiger partial charge in [-0.25, -0.2) is 4.79 Å². The topological polar surface area (TPSA) is 79.5 Å². The summed E-state index contributed by atoms with van der Waals surface area (Å²) < 4.78 is 5.69. The number of urea groups is 1. The van der Waals surface area contributed by atoms with Crippen molar-refractivity contribution in [3.8, 4) is 5.75 Å². The molecule has 0 aliphatic carbocycles. The molecular formula is C18H20ClN3O3. The van der Waals surface area contributed by atoms with E-state index in [2.05, 4.69) is 16.0 Å². The third-order valence-corrected chi connectivity index (χ3v) is 3.68. The van der Waals surface area contributed by atoms with Crippen LogP contribution in [0.5, 0.6) is 5.75 Å². The maximum absolute atomic E-state index is 12.3. The van der Waals surface area contributed by atoms with Crippen molar-refractivity contribution in [2.75, 3.05) is 17.7 Å². The number of amides is 3. The Morgan fingerprint density at radius 2 is 1.64 bits per heavy atom. The minimum absolute atomic E-state index is 0.277. The molecule has 0 spiro atoms. The minimum atomic E-state index is -0.677. The molecule has 0 saturated carbocycles. The van der Waals surface area contributed by atoms with Crippen molar-refractivity contribution in [2.45, 2.75) is 20.0 Å². The standard InChI is InChI=1S/C18H20ClN3O3/c1-11-10-13(19)4-9-16(11)25-12(2)17(23)21-14-5-7-15(8-6-14)22-18(24)20-3/h4-10,12H,1-3H3,(H,21,23)(H2,20,22,24). The number of aryl methyl sites for hydroxylation is 1. The van der Waals surface area contributed by atoms with Gasteiger partial charge in [-0.15, -0.1) is 0 Å². The van der Waals surface area contributed by atoms with Crippen LogP contribution in [-0.2, 0) is 4.79 Å². The van der Waals surface area contributed by atoms with Crippen LogP contribution in [0.1, 0.15) is 12.5 Å². The van der Waals surface area contributed by atoms with Crippen molar-refractivity contribution in [1.82, 2.24) is 5.32 Å². The second-order valence-corrected chi connectivity index (χ2v) is 5.88. The average Bonchev–Trinajstić information content (AvgIpc) is 2.58. The summed E-state index contributed by atoms with van der Waals surface area (Å²) >= 11 is 5.91. The Balaban J connectivity index is 1.95. The monoisotopic (exact) mass is 361 g/mol. The van der Waals surface area contributed by atoms with Gasteiger partial charge in [-0.05, 0) is 61.9 Å². The Hall–Kier alpha value is -2.73. The summed E-state index contributed by atoms with van der Waals surface area (Å²) in [5.74, 6) is 0.332. The largest absolute Gasteiger partial charge is 0.481 e. The zero-order chi connectivity index (χ0) is 18.4. The second kappa shape index (κ2) is 8.39. The van der Waals surface area contributed by atoms with Crippen LogP contribution in [0.3, 0.4) is 0 Å². The first-order valence-electron chi connectivity index (χ1n) is 7.71. The van der Waals surface area contributed by atoms with E-state index in [9.17, 15) is 9.59 Å². The van der Waals surface area contributed by atoms with Crippen LogP contribution in [-0.4, -0.2) is 25.1 Å². The average molecular weight is 362 g/mol. The molecule has 7 heteroatoms. The highest BCUT2D eigenvalue weighted by Gasteiger charge is 2.16. The molecule has 0 fully saturated rings. The number of benzene rings is 2. The molecule has 1 atom stereocenters. The highest BCUT2D eigenvalue weighted by molar-refractivity contribution is 6.30. The van der Waals surface area contributed by atoms with Gasteiger partial charge in [0.05, 0.1) is 0 Å². The van der Waals surface area contributed by atoms with Crippen molar-refractivity contribution in [3.63, 3.8) is 0 Å². The number of rotatable bonds is 5. The van der Waals surface area contributed by atoms with Crippen LogP contribution >= 0.6 is 11.6 Å².